The van der Waals surface area contributed by atoms with E-state index in [-0.39, 0.29) is 11.5 Å². The van der Waals surface area contributed by atoms with E-state index in [0.29, 0.717) is 0 Å². The summed E-state index contributed by atoms with van der Waals surface area (Å²) in [7, 11) is 0. The summed E-state index contributed by atoms with van der Waals surface area (Å²) in [5, 5.41) is 20.8. The van der Waals surface area contributed by atoms with E-state index < -0.39 is 0 Å². The summed E-state index contributed by atoms with van der Waals surface area (Å²) in [5.74, 6) is 0.513. The van der Waals surface area contributed by atoms with Crippen molar-refractivity contribution in [2.24, 2.45) is 0 Å². The van der Waals surface area contributed by atoms with Crippen molar-refractivity contribution in [3.63, 3.8) is 0 Å². The van der Waals surface area contributed by atoms with Crippen molar-refractivity contribution in [2.75, 3.05) is 0 Å². The number of rotatable bonds is 4. The Balaban J connectivity index is 1.30. The topological polar surface area (TPSA) is 66.2 Å². The van der Waals surface area contributed by atoms with Gasteiger partial charge in [-0.15, -0.1) is 0 Å². The first-order chi connectivity index (χ1) is 17.7. The van der Waals surface area contributed by atoms with Gasteiger partial charge in [-0.1, -0.05) is 72.8 Å². The van der Waals surface area contributed by atoms with E-state index in [9.17, 15) is 10.2 Å². The molecule has 0 saturated carbocycles. The molecule has 2 N–H and O–H groups in total. The smallest absolute Gasteiger partial charge is 0.124 e. The van der Waals surface area contributed by atoms with Crippen molar-refractivity contribution >= 4 is 24.3 Å². The van der Waals surface area contributed by atoms with Crippen LogP contribution in [-0.2, 0) is 0 Å². The molecule has 0 spiro atoms. The van der Waals surface area contributed by atoms with Crippen molar-refractivity contribution in [3.05, 3.63) is 120 Å². The van der Waals surface area contributed by atoms with Gasteiger partial charge in [0.05, 0.1) is 11.4 Å². The Bertz CT molecular complexity index is 1670. The molecule has 2 aliphatic heterocycles. The van der Waals surface area contributed by atoms with Gasteiger partial charge in [0.1, 0.15) is 11.5 Å². The predicted molar refractivity (Wildman–Crippen MR) is 146 cm³/mol. The predicted octanol–water partition coefficient (Wildman–Crippen LogP) is 7.54. The molecule has 0 unspecified atom stereocenters. The van der Waals surface area contributed by atoms with Gasteiger partial charge in [0.2, 0.25) is 0 Å². The molecule has 6 aliphatic rings. The highest BCUT2D eigenvalue weighted by Crippen LogP contribution is 2.37. The summed E-state index contributed by atoms with van der Waals surface area (Å²) in [6.45, 7) is 0. The molecule has 0 amide bonds. The molecule has 4 aliphatic carbocycles. The van der Waals surface area contributed by atoms with Crippen molar-refractivity contribution < 1.29 is 10.2 Å². The van der Waals surface area contributed by atoms with Crippen LogP contribution in [0.4, 0.5) is 0 Å². The van der Waals surface area contributed by atoms with Crippen LogP contribution < -0.4 is 0 Å². The number of aromatic hydroxyl groups is 2. The molecule has 0 atom stereocenters. The normalized spacial score (nSPS) is 11.9. The first kappa shape index (κ1) is 21.6. The van der Waals surface area contributed by atoms with Gasteiger partial charge >= 0.3 is 0 Å². The van der Waals surface area contributed by atoms with Crippen LogP contribution in [-0.4, -0.2) is 20.2 Å². The third-order valence-corrected chi connectivity index (χ3v) is 6.39. The van der Waals surface area contributed by atoms with Crippen LogP contribution in [0.2, 0.25) is 0 Å². The zero-order valence-electron chi connectivity index (χ0n) is 19.3. The average molecular weight is 467 g/mol. The summed E-state index contributed by atoms with van der Waals surface area (Å²) >= 11 is 0. The van der Waals surface area contributed by atoms with E-state index in [1.54, 1.807) is 12.1 Å². The second kappa shape index (κ2) is 9.01. The largest absolute Gasteiger partial charge is 0.507 e. The minimum absolute atomic E-state index is 0.256. The lowest BCUT2D eigenvalue weighted by atomic mass is 10.1. The fourth-order valence-electron chi connectivity index (χ4n) is 4.59. The number of hydrogen-bond acceptors (Lipinski definition) is 4. The van der Waals surface area contributed by atoms with Crippen LogP contribution in [0.15, 0.2) is 97.3 Å². The Hall–Kier alpha value is -4.96. The van der Waals surface area contributed by atoms with E-state index >= 15 is 0 Å². The number of aromatic nitrogens is 2. The Kier molecular flexibility index (Phi) is 5.39. The highest BCUT2D eigenvalue weighted by Gasteiger charge is 2.13. The van der Waals surface area contributed by atoms with E-state index in [1.165, 1.54) is 0 Å². The van der Waals surface area contributed by atoms with Gasteiger partial charge in [0.25, 0.3) is 0 Å². The van der Waals surface area contributed by atoms with E-state index in [2.05, 4.69) is 9.97 Å². The van der Waals surface area contributed by atoms with Crippen LogP contribution in [0.5, 0.6) is 11.5 Å². The maximum atomic E-state index is 10.4. The lowest BCUT2D eigenvalue weighted by Gasteiger charge is -1.99. The molecule has 36 heavy (non-hydrogen) atoms. The quantitative estimate of drug-likeness (QED) is 0.282. The standard InChI is InChI=1S/C32H22N2O2/c35-29-7-3-1-5-21-9-11-23(31(21)29)13-15-26-16-17-27-25(19-33-26)20-34-28(27)18-14-24-12-10-22-6-2-4-8-30(36)32(22)24/h1-20,35-36H/b15-13+,18-14+. The highest BCUT2D eigenvalue weighted by atomic mass is 16.3. The summed E-state index contributed by atoms with van der Waals surface area (Å²) in [6, 6.07) is 26.9. The minimum Gasteiger partial charge on any atom is -0.507 e. The lowest BCUT2D eigenvalue weighted by molar-refractivity contribution is 0.477. The molecule has 0 fully saturated rings. The van der Waals surface area contributed by atoms with Gasteiger partial charge in [0, 0.05) is 34.6 Å². The molecule has 4 nitrogen and oxygen atoms in total. The molecule has 0 bridgehead atoms. The first-order valence-corrected chi connectivity index (χ1v) is 11.7. The van der Waals surface area contributed by atoms with Gasteiger partial charge in [-0.05, 0) is 58.7 Å². The van der Waals surface area contributed by atoms with Gasteiger partial charge < -0.3 is 10.2 Å². The fraction of sp³-hybridized carbons (Fsp3) is 0. The van der Waals surface area contributed by atoms with Crippen molar-refractivity contribution in [3.8, 4) is 44.9 Å². The molecule has 6 rings (SSSR count). The minimum atomic E-state index is 0.256. The number of hydrogen-bond donors (Lipinski definition) is 2. The third-order valence-electron chi connectivity index (χ3n) is 6.39. The molecule has 0 radical (unpaired) electrons. The van der Waals surface area contributed by atoms with Crippen molar-refractivity contribution in [2.45, 2.75) is 0 Å². The van der Waals surface area contributed by atoms with E-state index in [1.807, 2.05) is 109 Å². The van der Waals surface area contributed by atoms with Crippen LogP contribution in [0, 0.1) is 0 Å². The van der Waals surface area contributed by atoms with Crippen LogP contribution in [0.25, 0.3) is 57.7 Å². The molecule has 172 valence electrons. The second-order valence-electron chi connectivity index (χ2n) is 8.64. The zero-order valence-corrected chi connectivity index (χ0v) is 19.3. The van der Waals surface area contributed by atoms with Gasteiger partial charge in [-0.25, -0.2) is 0 Å². The fourth-order valence-corrected chi connectivity index (χ4v) is 4.59. The molecular formula is C32H22N2O2. The Labute approximate surface area is 209 Å². The molecule has 2 heterocycles. The lowest BCUT2D eigenvalue weighted by Crippen LogP contribution is -1.76. The zero-order chi connectivity index (χ0) is 24.5. The average Bonchev–Trinajstić information content (AvgIpc) is 3.47. The summed E-state index contributed by atoms with van der Waals surface area (Å²) in [5.41, 5.74) is 9.09. The number of fused-ring (bicyclic) bond motifs is 3. The molecular weight excluding hydrogens is 444 g/mol. The van der Waals surface area contributed by atoms with Crippen molar-refractivity contribution in [1.29, 1.82) is 0 Å². The van der Waals surface area contributed by atoms with Crippen LogP contribution in [0.1, 0.15) is 22.5 Å². The third kappa shape index (κ3) is 3.95. The monoisotopic (exact) mass is 466 g/mol. The van der Waals surface area contributed by atoms with Gasteiger partial charge in [0.15, 0.2) is 0 Å². The Morgan fingerprint density at radius 3 is 1.75 bits per heavy atom. The van der Waals surface area contributed by atoms with Crippen molar-refractivity contribution in [1.82, 2.24) is 9.97 Å². The maximum absolute atomic E-state index is 10.4. The molecule has 0 aromatic heterocycles. The Morgan fingerprint density at radius 1 is 0.500 bits per heavy atom. The summed E-state index contributed by atoms with van der Waals surface area (Å²) in [4.78, 5) is 9.19. The summed E-state index contributed by atoms with van der Waals surface area (Å²) < 4.78 is 0. The van der Waals surface area contributed by atoms with E-state index in [0.717, 1.165) is 55.9 Å². The molecule has 0 aromatic carbocycles. The number of nitrogens with zero attached hydrogens (tertiary/aromatic N) is 2. The maximum Gasteiger partial charge on any atom is 0.124 e. The molecule has 0 saturated heterocycles. The van der Waals surface area contributed by atoms with Gasteiger partial charge in [-0.2, -0.15) is 0 Å². The Morgan fingerprint density at radius 2 is 1.08 bits per heavy atom. The summed E-state index contributed by atoms with van der Waals surface area (Å²) in [6.07, 6.45) is 11.5. The molecule has 4 heteroatoms. The highest BCUT2D eigenvalue weighted by molar-refractivity contribution is 5.89. The second-order valence-corrected chi connectivity index (χ2v) is 8.64. The van der Waals surface area contributed by atoms with Crippen LogP contribution in [0.3, 0.4) is 0 Å². The van der Waals surface area contributed by atoms with Gasteiger partial charge in [-0.3, -0.25) is 9.97 Å². The SMILES string of the molecule is Oc1ccccc2ccc(/C=C/c3ccc4c(/C=C/c5ccc6ccccc(O)c5-6)ncc-4cn3)c1-2. The first-order valence-electron chi connectivity index (χ1n) is 11.7. The van der Waals surface area contributed by atoms with E-state index in [4.69, 9.17) is 0 Å². The molecule has 0 aromatic rings. The van der Waals surface area contributed by atoms with Crippen LogP contribution >= 0.6 is 0 Å².